The molecular weight excluding hydrogens is 283 g/mol. The molecule has 5 heteroatoms. The third-order valence-electron chi connectivity index (χ3n) is 3.92. The highest BCUT2D eigenvalue weighted by Crippen LogP contribution is 2.19. The zero-order valence-corrected chi connectivity index (χ0v) is 13.1. The number of likely N-dealkylation sites (tertiary alicyclic amines) is 1. The lowest BCUT2D eigenvalue weighted by Gasteiger charge is -2.32. The summed E-state index contributed by atoms with van der Waals surface area (Å²) in [5.74, 6) is 0.269. The largest absolute Gasteiger partial charge is 0.494 e. The van der Waals surface area contributed by atoms with E-state index in [1.807, 2.05) is 11.9 Å². The minimum absolute atomic E-state index is 0.0166. The van der Waals surface area contributed by atoms with Crippen LogP contribution in [-0.4, -0.2) is 44.6 Å². The molecule has 1 atom stereocenters. The van der Waals surface area contributed by atoms with Crippen LogP contribution in [0.1, 0.15) is 18.4 Å². The van der Waals surface area contributed by atoms with Crippen molar-refractivity contribution in [3.05, 3.63) is 35.7 Å². The number of halogens is 1. The van der Waals surface area contributed by atoms with Gasteiger partial charge < -0.3 is 15.0 Å². The number of nitrogens with zero attached hydrogens (tertiary/aromatic N) is 1. The summed E-state index contributed by atoms with van der Waals surface area (Å²) in [4.78, 5) is 14.1. The second-order valence-electron chi connectivity index (χ2n) is 5.58. The molecule has 120 valence electrons. The van der Waals surface area contributed by atoms with Crippen LogP contribution in [0, 0.1) is 11.7 Å². The van der Waals surface area contributed by atoms with E-state index in [0.717, 1.165) is 32.5 Å². The molecule has 1 aliphatic rings. The topological polar surface area (TPSA) is 41.6 Å². The fourth-order valence-corrected chi connectivity index (χ4v) is 2.78. The molecule has 0 bridgehead atoms. The summed E-state index contributed by atoms with van der Waals surface area (Å²) in [6.45, 7) is 2.50. The molecule has 0 saturated carbocycles. The highest BCUT2D eigenvalue weighted by molar-refractivity contribution is 5.91. The van der Waals surface area contributed by atoms with Crippen LogP contribution in [0.4, 0.5) is 4.39 Å². The van der Waals surface area contributed by atoms with Gasteiger partial charge in [-0.25, -0.2) is 4.39 Å². The van der Waals surface area contributed by atoms with Crippen LogP contribution in [0.25, 0.3) is 6.08 Å². The molecule has 1 aromatic rings. The van der Waals surface area contributed by atoms with Gasteiger partial charge in [0.15, 0.2) is 11.6 Å². The molecule has 1 heterocycles. The normalized spacial score (nSPS) is 18.7. The number of hydrogen-bond acceptors (Lipinski definition) is 3. The van der Waals surface area contributed by atoms with Crippen LogP contribution in [0.5, 0.6) is 5.75 Å². The molecule has 1 aromatic carbocycles. The van der Waals surface area contributed by atoms with Gasteiger partial charge >= 0.3 is 0 Å². The lowest BCUT2D eigenvalue weighted by atomic mass is 9.98. The Balaban J connectivity index is 1.97. The maximum absolute atomic E-state index is 13.6. The first-order valence-electron chi connectivity index (χ1n) is 7.59. The van der Waals surface area contributed by atoms with Crippen LogP contribution >= 0.6 is 0 Å². The predicted octanol–water partition coefficient (Wildman–Crippen LogP) is 2.31. The van der Waals surface area contributed by atoms with Crippen molar-refractivity contribution in [1.29, 1.82) is 0 Å². The average molecular weight is 306 g/mol. The monoisotopic (exact) mass is 306 g/mol. The number of amides is 1. The van der Waals surface area contributed by atoms with Gasteiger partial charge in [0.05, 0.1) is 7.11 Å². The summed E-state index contributed by atoms with van der Waals surface area (Å²) in [6.07, 6.45) is 5.34. The van der Waals surface area contributed by atoms with Gasteiger partial charge in [0.25, 0.3) is 0 Å². The van der Waals surface area contributed by atoms with E-state index in [1.165, 1.54) is 19.3 Å². The fraction of sp³-hybridized carbons (Fsp3) is 0.471. The van der Waals surface area contributed by atoms with Crippen LogP contribution in [-0.2, 0) is 4.79 Å². The Morgan fingerprint density at radius 2 is 2.36 bits per heavy atom. The zero-order chi connectivity index (χ0) is 15.9. The molecule has 2 rings (SSSR count). The standard InChI is InChI=1S/C17H23FN2O2/c1-19-11-14-4-3-9-20(12-14)17(21)8-6-13-5-7-16(22-2)15(18)10-13/h5-8,10,14,19H,3-4,9,11-12H2,1-2H3/b8-6+. The summed E-state index contributed by atoms with van der Waals surface area (Å²) in [7, 11) is 3.36. The zero-order valence-electron chi connectivity index (χ0n) is 13.1. The molecular formula is C17H23FN2O2. The number of ether oxygens (including phenoxy) is 1. The summed E-state index contributed by atoms with van der Waals surface area (Å²) in [5.41, 5.74) is 0.649. The molecule has 1 fully saturated rings. The van der Waals surface area contributed by atoms with Crippen molar-refractivity contribution in [2.75, 3.05) is 33.8 Å². The third kappa shape index (κ3) is 4.31. The number of nitrogens with one attached hydrogen (secondary N) is 1. The van der Waals surface area contributed by atoms with Gasteiger partial charge in [-0.1, -0.05) is 6.07 Å². The minimum atomic E-state index is -0.427. The Labute approximate surface area is 131 Å². The molecule has 1 unspecified atom stereocenters. The van der Waals surface area contributed by atoms with Crippen LogP contribution in [0.15, 0.2) is 24.3 Å². The van der Waals surface area contributed by atoms with E-state index in [9.17, 15) is 9.18 Å². The van der Waals surface area contributed by atoms with E-state index in [1.54, 1.807) is 18.2 Å². The molecule has 1 saturated heterocycles. The van der Waals surface area contributed by atoms with Crippen molar-refractivity contribution in [2.45, 2.75) is 12.8 Å². The van der Waals surface area contributed by atoms with E-state index < -0.39 is 5.82 Å². The number of hydrogen-bond donors (Lipinski definition) is 1. The van der Waals surface area contributed by atoms with E-state index in [2.05, 4.69) is 5.32 Å². The Kier molecular flexibility index (Phi) is 5.95. The van der Waals surface area contributed by atoms with E-state index in [0.29, 0.717) is 11.5 Å². The van der Waals surface area contributed by atoms with Crippen molar-refractivity contribution in [2.24, 2.45) is 5.92 Å². The summed E-state index contributed by atoms with van der Waals surface area (Å²) < 4.78 is 18.5. The van der Waals surface area contributed by atoms with Gasteiger partial charge in [0, 0.05) is 19.2 Å². The predicted molar refractivity (Wildman–Crippen MR) is 85.2 cm³/mol. The van der Waals surface area contributed by atoms with E-state index in [4.69, 9.17) is 4.74 Å². The number of carbonyl (C=O) groups is 1. The number of piperidine rings is 1. The smallest absolute Gasteiger partial charge is 0.246 e. The average Bonchev–Trinajstić information content (AvgIpc) is 2.53. The number of carbonyl (C=O) groups excluding carboxylic acids is 1. The van der Waals surface area contributed by atoms with Gasteiger partial charge in [-0.3, -0.25) is 4.79 Å². The van der Waals surface area contributed by atoms with Gasteiger partial charge in [0.1, 0.15) is 0 Å². The Hall–Kier alpha value is -1.88. The van der Waals surface area contributed by atoms with Crippen LogP contribution in [0.2, 0.25) is 0 Å². The molecule has 22 heavy (non-hydrogen) atoms. The lowest BCUT2D eigenvalue weighted by Crippen LogP contribution is -2.41. The first-order chi connectivity index (χ1) is 10.6. The molecule has 4 nitrogen and oxygen atoms in total. The Bertz CT molecular complexity index is 543. The van der Waals surface area contributed by atoms with Crippen LogP contribution in [0.3, 0.4) is 0 Å². The minimum Gasteiger partial charge on any atom is -0.494 e. The highest BCUT2D eigenvalue weighted by Gasteiger charge is 2.21. The quantitative estimate of drug-likeness (QED) is 0.849. The van der Waals surface area contributed by atoms with Gasteiger partial charge in [-0.15, -0.1) is 0 Å². The number of methoxy groups -OCH3 is 1. The number of rotatable bonds is 5. The molecule has 0 spiro atoms. The second-order valence-corrected chi connectivity index (χ2v) is 5.58. The van der Waals surface area contributed by atoms with Gasteiger partial charge in [-0.05, 0) is 56.1 Å². The summed E-state index contributed by atoms with van der Waals surface area (Å²) in [6, 6.07) is 4.65. The van der Waals surface area contributed by atoms with Crippen molar-refractivity contribution in [1.82, 2.24) is 10.2 Å². The van der Waals surface area contributed by atoms with E-state index >= 15 is 0 Å². The SMILES string of the molecule is CNCC1CCCN(C(=O)/C=C/c2ccc(OC)c(F)c2)C1. The number of benzene rings is 1. The lowest BCUT2D eigenvalue weighted by molar-refractivity contribution is -0.127. The van der Waals surface area contributed by atoms with Gasteiger partial charge in [0.2, 0.25) is 5.91 Å². The first kappa shape index (κ1) is 16.5. The van der Waals surface area contributed by atoms with E-state index in [-0.39, 0.29) is 11.7 Å². The fourth-order valence-electron chi connectivity index (χ4n) is 2.78. The third-order valence-corrected chi connectivity index (χ3v) is 3.92. The highest BCUT2D eigenvalue weighted by atomic mass is 19.1. The van der Waals surface area contributed by atoms with Crippen molar-refractivity contribution >= 4 is 12.0 Å². The summed E-state index contributed by atoms with van der Waals surface area (Å²) in [5, 5.41) is 3.16. The first-order valence-corrected chi connectivity index (χ1v) is 7.59. The Morgan fingerprint density at radius 3 is 3.05 bits per heavy atom. The molecule has 1 N–H and O–H groups in total. The molecule has 1 amide bonds. The molecule has 1 aliphatic heterocycles. The maximum atomic E-state index is 13.6. The van der Waals surface area contributed by atoms with Crippen LogP contribution < -0.4 is 10.1 Å². The molecule has 0 aliphatic carbocycles. The van der Waals surface area contributed by atoms with Crippen molar-refractivity contribution < 1.29 is 13.9 Å². The molecule has 0 aromatic heterocycles. The van der Waals surface area contributed by atoms with Crippen molar-refractivity contribution in [3.8, 4) is 5.75 Å². The summed E-state index contributed by atoms with van der Waals surface area (Å²) >= 11 is 0. The second kappa shape index (κ2) is 7.94. The van der Waals surface area contributed by atoms with Gasteiger partial charge in [-0.2, -0.15) is 0 Å². The Morgan fingerprint density at radius 1 is 1.55 bits per heavy atom. The van der Waals surface area contributed by atoms with Crippen molar-refractivity contribution in [3.63, 3.8) is 0 Å². The maximum Gasteiger partial charge on any atom is 0.246 e. The molecule has 0 radical (unpaired) electrons.